The molecule has 1 unspecified atom stereocenters. The van der Waals surface area contributed by atoms with Crippen LogP contribution in [0, 0.1) is 80.3 Å². The summed E-state index contributed by atoms with van der Waals surface area (Å²) in [4.78, 5) is 136. The second-order valence-corrected chi connectivity index (χ2v) is 24.3. The van der Waals surface area contributed by atoms with Gasteiger partial charge in [0.2, 0.25) is 11.6 Å². The van der Waals surface area contributed by atoms with Crippen LogP contribution in [-0.2, 0) is 54.1 Å². The number of nitrogens with two attached hydrogens (primary N) is 2. The number of aryl methyl sites for hydroxylation is 10. The molecule has 11 rings (SSSR count). The molecule has 0 spiro atoms. The average molecular weight is 1620 g/mol. The Morgan fingerprint density at radius 2 is 0.858 bits per heavy atom. The normalized spacial score (nSPS) is 10.0. The van der Waals surface area contributed by atoms with E-state index in [-0.39, 0.29) is 31.4 Å². The molecule has 0 saturated heterocycles. The summed E-state index contributed by atoms with van der Waals surface area (Å²) in [5.41, 5.74) is 28.6. The predicted octanol–water partition coefficient (Wildman–Crippen LogP) is 9.76. The number of ketones is 3. The van der Waals surface area contributed by atoms with E-state index in [0.29, 0.717) is 34.5 Å². The van der Waals surface area contributed by atoms with Crippen LogP contribution in [0.2, 0.25) is 0 Å². The summed E-state index contributed by atoms with van der Waals surface area (Å²) in [6.45, 7) is 21.2. The Morgan fingerprint density at radius 1 is 0.487 bits per heavy atom. The van der Waals surface area contributed by atoms with Crippen LogP contribution in [0.4, 0.5) is 5.82 Å². The van der Waals surface area contributed by atoms with E-state index in [1.54, 1.807) is 91.3 Å². The van der Waals surface area contributed by atoms with E-state index in [2.05, 4.69) is 86.4 Å². The Balaban J connectivity index is 0.000000462. The number of nitrogens with zero attached hydrogens (tertiary/aromatic N) is 14. The fourth-order valence-electron chi connectivity index (χ4n) is 9.31. The van der Waals surface area contributed by atoms with Crippen molar-refractivity contribution < 1.29 is 73.4 Å². The minimum atomic E-state index is -1.10. The van der Waals surface area contributed by atoms with Crippen molar-refractivity contribution in [1.82, 2.24) is 74.3 Å². The number of halogens is 1. The van der Waals surface area contributed by atoms with E-state index in [4.69, 9.17) is 42.0 Å². The van der Waals surface area contributed by atoms with Crippen molar-refractivity contribution in [3.8, 4) is 23.3 Å². The molecule has 11 aromatic rings. The largest absolute Gasteiger partial charge is 0.481 e. The van der Waals surface area contributed by atoms with Crippen molar-refractivity contribution in [2.75, 3.05) is 33.9 Å². The number of nitrogens with one attached hydrogen (secondary N) is 4. The second-order valence-electron chi connectivity index (χ2n) is 23.6. The molecule has 0 bridgehead atoms. The first-order valence-corrected chi connectivity index (χ1v) is 34.4. The fourth-order valence-corrected chi connectivity index (χ4v) is 9.56. The lowest BCUT2D eigenvalue weighted by Gasteiger charge is -2.17. The van der Waals surface area contributed by atoms with Crippen molar-refractivity contribution in [1.29, 1.82) is 11.1 Å². The highest BCUT2D eigenvalue weighted by atomic mass is 79.9. The van der Waals surface area contributed by atoms with Gasteiger partial charge in [0.05, 0.1) is 51.9 Å². The first-order chi connectivity index (χ1) is 53.7. The van der Waals surface area contributed by atoms with E-state index < -0.39 is 59.3 Å². The van der Waals surface area contributed by atoms with Gasteiger partial charge in [-0.25, -0.2) is 84.7 Å². The number of nitrogen functional groups attached to an aromatic ring is 1. The van der Waals surface area contributed by atoms with Crippen molar-refractivity contribution >= 4 is 80.8 Å². The van der Waals surface area contributed by atoms with Gasteiger partial charge in [0.1, 0.15) is 27.9 Å². The third kappa shape index (κ3) is 29.9. The number of anilines is 1. The standard InChI is InChI=1S/C21H21N5O3.3C12H13N3O2.C6H6BrN.C6H9N3.C6H8O4.C2H4O2.H2N2.H2/c1-13-7-6-10-23-20(13)26-17(11-14(2)25-26)21(29)24-16(18(27)19(22)28)12-15-8-4-3-5-9-15;1-8-5-4-6-13-11(8)15-9(2)7-10(14-15)12(16)17-3;2*1-8-5-4-6-13-11(8)15-10(12(16)17-3)7-9(2)14-15;1-5-3-2-4-8-6(5)7;1-5-3-2-4-8-6(5)9-7;1-4(7)3-5(8)6(9)10-2;1-2(3)4;1-2;/h3-11,16H,12H2,1-2H3,(H2,22,28)(H,24,29);3*4-7H,1-3H3;2-4H,1H3;2-4H,7H2,1H3,(H,8,9);3H2,1-2H3;1H3,(H,3,4);1-2H;1H. The number of Topliss-reactive ketones (excluding diaryl/α,β-unsaturated/α-hetero) is 3. The molecule has 0 aliphatic carbocycles. The number of amides is 2. The molecular formula is C77H91BrN20O15. The van der Waals surface area contributed by atoms with Gasteiger partial charge in [0.25, 0.3) is 17.8 Å². The number of methoxy groups -OCH3 is 4. The zero-order valence-corrected chi connectivity index (χ0v) is 66.6. The van der Waals surface area contributed by atoms with Crippen LogP contribution >= 0.6 is 15.9 Å². The number of primary amides is 1. The summed E-state index contributed by atoms with van der Waals surface area (Å²) in [6, 6.07) is 37.3. The minimum Gasteiger partial charge on any atom is -0.481 e. The first-order valence-electron chi connectivity index (χ1n) is 33.6. The van der Waals surface area contributed by atoms with E-state index >= 15 is 0 Å². The summed E-state index contributed by atoms with van der Waals surface area (Å²) in [5, 5.41) is 27.1. The Labute approximate surface area is 660 Å². The van der Waals surface area contributed by atoms with Crippen LogP contribution in [0.1, 0.15) is 125 Å². The molecule has 0 aliphatic heterocycles. The van der Waals surface area contributed by atoms with Gasteiger partial charge >= 0.3 is 23.9 Å². The molecule has 10 aromatic heterocycles. The molecule has 9 N–H and O–H groups in total. The second kappa shape index (κ2) is 47.8. The number of hydrogen-bond acceptors (Lipinski definition) is 28. The highest BCUT2D eigenvalue weighted by Gasteiger charge is 2.28. The molecule has 36 heteroatoms. The number of carboxylic acid groups (broad SMARTS) is 1. The summed E-state index contributed by atoms with van der Waals surface area (Å²) in [7, 11) is 5.13. The first kappa shape index (κ1) is 93.3. The number of hydrogen-bond donors (Lipinski definition) is 7. The quantitative estimate of drug-likeness (QED) is 0.00651. The summed E-state index contributed by atoms with van der Waals surface area (Å²) in [5.74, 6) is 1.65. The van der Waals surface area contributed by atoms with E-state index in [1.165, 1.54) is 47.9 Å². The number of aliphatic carboxylic acids is 1. The third-order valence-electron chi connectivity index (χ3n) is 14.6. The van der Waals surface area contributed by atoms with Crippen LogP contribution < -0.4 is 22.3 Å². The molecule has 113 heavy (non-hydrogen) atoms. The number of rotatable bonds is 17. The van der Waals surface area contributed by atoms with Crippen LogP contribution in [0.15, 0.2) is 169 Å². The van der Waals surface area contributed by atoms with Crippen LogP contribution in [0.3, 0.4) is 0 Å². The van der Waals surface area contributed by atoms with Gasteiger partial charge in [0.15, 0.2) is 40.4 Å². The molecule has 2 amide bonds. The molecule has 0 radical (unpaired) electrons. The van der Waals surface area contributed by atoms with Crippen molar-refractivity contribution in [2.24, 2.45) is 11.6 Å². The van der Waals surface area contributed by atoms with E-state index in [0.717, 1.165) is 80.7 Å². The lowest BCUT2D eigenvalue weighted by atomic mass is 10.0. The van der Waals surface area contributed by atoms with Crippen molar-refractivity contribution in [2.45, 2.75) is 102 Å². The zero-order valence-electron chi connectivity index (χ0n) is 65.0. The van der Waals surface area contributed by atoms with Gasteiger partial charge in [0, 0.05) is 57.6 Å². The number of benzene rings is 1. The van der Waals surface area contributed by atoms with E-state index in [9.17, 15) is 43.2 Å². The Hall–Kier alpha value is -13.9. The maximum atomic E-state index is 13.0. The Morgan fingerprint density at radius 3 is 1.19 bits per heavy atom. The number of aromatic nitrogens is 14. The van der Waals surface area contributed by atoms with Gasteiger partial charge in [-0.1, -0.05) is 66.7 Å². The molecular weight excluding hydrogens is 1520 g/mol. The molecule has 0 aliphatic rings. The van der Waals surface area contributed by atoms with Crippen molar-refractivity contribution in [3.63, 3.8) is 0 Å². The van der Waals surface area contributed by atoms with Crippen LogP contribution in [0.5, 0.6) is 0 Å². The molecule has 596 valence electrons. The van der Waals surface area contributed by atoms with Gasteiger partial charge in [-0.05, 0) is 192 Å². The third-order valence-corrected chi connectivity index (χ3v) is 15.4. The lowest BCUT2D eigenvalue weighted by Crippen LogP contribution is -2.47. The molecule has 1 atom stereocenters. The summed E-state index contributed by atoms with van der Waals surface area (Å²) < 4.78 is 25.2. The number of pyridine rings is 6. The maximum Gasteiger partial charge on any atom is 0.374 e. The summed E-state index contributed by atoms with van der Waals surface area (Å²) in [6.07, 6.45) is 9.87. The highest BCUT2D eigenvalue weighted by Crippen LogP contribution is 2.20. The zero-order chi connectivity index (χ0) is 84.6. The topological polar surface area (TPSA) is 500 Å². The number of hydrazine groups is 1. The summed E-state index contributed by atoms with van der Waals surface area (Å²) >= 11 is 3.28. The Bertz CT molecular complexity index is 4920. The SMILES string of the molecule is CC(=O)O.COC(=O)C(=O)CC(C)=O.COC(=O)c1cc(C)n(-c2ncccc2C)n1.COC(=O)c1cc(C)nn1-c1ncccc1C.COC(=O)c1cc(C)nn1-c1ncccc1C.Cc1cc(C(=O)NC(Cc2ccccc2)C(=O)C(N)=O)n(-c2ncccc2C)n1.Cc1cccnc1Br.Cc1cccnc1NN.N=N.[HH]. The van der Waals surface area contributed by atoms with Crippen LogP contribution in [-0.4, -0.2) is 168 Å². The van der Waals surface area contributed by atoms with Gasteiger partial charge in [-0.15, -0.1) is 0 Å². The van der Waals surface area contributed by atoms with E-state index in [1.807, 2.05) is 147 Å². The molecule has 0 saturated carbocycles. The number of carbonyl (C=O) groups is 10. The number of carboxylic acids is 1. The fraction of sp³-hybridized carbons (Fsp3) is 0.247. The molecule has 10 heterocycles. The van der Waals surface area contributed by atoms with Gasteiger partial charge < -0.3 is 40.5 Å². The molecule has 35 nitrogen and oxygen atoms in total. The van der Waals surface area contributed by atoms with Crippen molar-refractivity contribution in [3.05, 3.63) is 254 Å². The molecule has 1 aromatic carbocycles. The minimum absolute atomic E-state index is 0. The number of carbonyl (C=O) groups excluding carboxylic acids is 9. The molecule has 0 fully saturated rings. The monoisotopic (exact) mass is 1610 g/mol. The number of esters is 4. The smallest absolute Gasteiger partial charge is 0.374 e. The van der Waals surface area contributed by atoms with Gasteiger partial charge in [-0.2, -0.15) is 20.4 Å². The highest BCUT2D eigenvalue weighted by molar-refractivity contribution is 9.10. The lowest BCUT2D eigenvalue weighted by molar-refractivity contribution is -0.152. The van der Waals surface area contributed by atoms with Gasteiger partial charge in [-0.3, -0.25) is 28.8 Å². The van der Waals surface area contributed by atoms with Crippen LogP contribution in [0.25, 0.3) is 23.3 Å². The predicted molar refractivity (Wildman–Crippen MR) is 420 cm³/mol. The Kier molecular flexibility index (Phi) is 39.5. The number of ether oxygens (including phenoxy) is 4. The average Bonchev–Trinajstić information content (AvgIpc) is 1.64. The maximum absolute atomic E-state index is 13.0.